The first-order valence-corrected chi connectivity index (χ1v) is 29.5. The summed E-state index contributed by atoms with van der Waals surface area (Å²) >= 11 is 0. The second-order valence-corrected chi connectivity index (χ2v) is 20.7. The number of allylic oxidation sites excluding steroid dienone is 8. The first-order valence-electron chi connectivity index (χ1n) is 29.5. The maximum atomic E-state index is 13.2. The summed E-state index contributed by atoms with van der Waals surface area (Å²) in [5.41, 5.74) is 0. The Morgan fingerprint density at radius 1 is 0.493 bits per heavy atom. The number of aliphatic hydroxyl groups is 7. The van der Waals surface area contributed by atoms with E-state index >= 15 is 0 Å². The zero-order valence-electron chi connectivity index (χ0n) is 45.5. The standard InChI is InChI=1S/C60H111NO10/c1-3-5-7-9-11-13-15-17-19-21-22-23-24-25-26-27-28-29-30-31-32-34-35-37-39-41-43-45-47-52(63)55(65)51(50-70-60-58(68)57(67)56(66)54(49-62)71-60)61-59(69)53(64)48-46-44-42-40-38-36-33-20-18-16-14-12-10-8-6-4-2/h12,14,18,20,32,34,39,41,51-58,60,62-68H,3-11,13,15-17,19,21-31,33,35-38,40,42-50H2,1-2H3,(H,61,69)/b14-12-,20-18-,34-32+,41-39+. The van der Waals surface area contributed by atoms with Crippen LogP contribution in [0.5, 0.6) is 0 Å². The number of amides is 1. The molecule has 0 aromatic heterocycles. The lowest BCUT2D eigenvalue weighted by atomic mass is 9.98. The minimum absolute atomic E-state index is 0.237. The number of nitrogens with one attached hydrogen (secondary N) is 1. The zero-order valence-corrected chi connectivity index (χ0v) is 45.5. The predicted octanol–water partition coefficient (Wildman–Crippen LogP) is 12.5. The minimum atomic E-state index is -1.67. The van der Waals surface area contributed by atoms with E-state index in [1.165, 1.54) is 141 Å². The lowest BCUT2D eigenvalue weighted by molar-refractivity contribution is -0.303. The van der Waals surface area contributed by atoms with Crippen LogP contribution >= 0.6 is 0 Å². The molecule has 0 aliphatic carbocycles. The van der Waals surface area contributed by atoms with Crippen LogP contribution in [0.3, 0.4) is 0 Å². The van der Waals surface area contributed by atoms with E-state index in [2.05, 4.69) is 67.8 Å². The van der Waals surface area contributed by atoms with E-state index in [1.807, 2.05) is 0 Å². The number of hydrogen-bond donors (Lipinski definition) is 8. The average molecular weight is 1010 g/mol. The van der Waals surface area contributed by atoms with Gasteiger partial charge in [-0.2, -0.15) is 0 Å². The molecule has 1 aliphatic heterocycles. The van der Waals surface area contributed by atoms with Crippen LogP contribution in [-0.2, 0) is 14.3 Å². The quantitative estimate of drug-likeness (QED) is 0.0215. The van der Waals surface area contributed by atoms with E-state index < -0.39 is 74.2 Å². The molecule has 11 heteroatoms. The lowest BCUT2D eigenvalue weighted by Crippen LogP contribution is -2.60. The summed E-state index contributed by atoms with van der Waals surface area (Å²) in [7, 11) is 0. The van der Waals surface area contributed by atoms with Gasteiger partial charge in [0.25, 0.3) is 0 Å². The van der Waals surface area contributed by atoms with Crippen LogP contribution in [-0.4, -0.2) is 110 Å². The molecule has 0 spiro atoms. The smallest absolute Gasteiger partial charge is 0.249 e. The molecule has 0 aromatic rings. The Morgan fingerprint density at radius 2 is 0.887 bits per heavy atom. The maximum Gasteiger partial charge on any atom is 0.249 e. The van der Waals surface area contributed by atoms with E-state index in [1.54, 1.807) is 0 Å². The van der Waals surface area contributed by atoms with Gasteiger partial charge in [-0.15, -0.1) is 0 Å². The van der Waals surface area contributed by atoms with Crippen LogP contribution < -0.4 is 5.32 Å². The highest BCUT2D eigenvalue weighted by Gasteiger charge is 2.44. The van der Waals surface area contributed by atoms with Gasteiger partial charge in [-0.3, -0.25) is 4.79 Å². The summed E-state index contributed by atoms with van der Waals surface area (Å²) < 4.78 is 11.1. The number of aliphatic hydroxyl groups excluding tert-OH is 7. The molecule has 9 atom stereocenters. The molecule has 71 heavy (non-hydrogen) atoms. The highest BCUT2D eigenvalue weighted by atomic mass is 16.7. The lowest BCUT2D eigenvalue weighted by Gasteiger charge is -2.40. The molecular weight excluding hydrogens is 895 g/mol. The van der Waals surface area contributed by atoms with Gasteiger partial charge in [0.2, 0.25) is 5.91 Å². The first kappa shape index (κ1) is 67.1. The van der Waals surface area contributed by atoms with Crippen LogP contribution in [0.1, 0.15) is 258 Å². The van der Waals surface area contributed by atoms with Crippen molar-refractivity contribution in [1.82, 2.24) is 5.32 Å². The van der Waals surface area contributed by atoms with Gasteiger partial charge in [0.15, 0.2) is 6.29 Å². The summed E-state index contributed by atoms with van der Waals surface area (Å²) in [6.45, 7) is 3.42. The number of unbranched alkanes of at least 4 members (excludes halogenated alkanes) is 30. The van der Waals surface area contributed by atoms with Gasteiger partial charge in [0, 0.05) is 0 Å². The molecule has 9 unspecified atom stereocenters. The molecule has 1 amide bonds. The Morgan fingerprint density at radius 3 is 1.37 bits per heavy atom. The highest BCUT2D eigenvalue weighted by Crippen LogP contribution is 2.23. The number of rotatable bonds is 50. The average Bonchev–Trinajstić information content (AvgIpc) is 3.37. The molecule has 8 N–H and O–H groups in total. The van der Waals surface area contributed by atoms with E-state index in [0.717, 1.165) is 70.6 Å². The maximum absolute atomic E-state index is 13.2. The topological polar surface area (TPSA) is 189 Å². The van der Waals surface area contributed by atoms with Gasteiger partial charge in [-0.1, -0.05) is 223 Å². The summed E-state index contributed by atoms with van der Waals surface area (Å²) in [4.78, 5) is 13.2. The van der Waals surface area contributed by atoms with Crippen LogP contribution in [0, 0.1) is 0 Å². The van der Waals surface area contributed by atoms with Crippen LogP contribution in [0.25, 0.3) is 0 Å². The second-order valence-electron chi connectivity index (χ2n) is 20.7. The van der Waals surface area contributed by atoms with Crippen LogP contribution in [0.15, 0.2) is 48.6 Å². The highest BCUT2D eigenvalue weighted by molar-refractivity contribution is 5.80. The summed E-state index contributed by atoms with van der Waals surface area (Å²) in [6, 6.07) is -1.20. The number of carbonyl (C=O) groups excluding carboxylic acids is 1. The van der Waals surface area contributed by atoms with E-state index in [-0.39, 0.29) is 12.8 Å². The molecule has 11 nitrogen and oxygen atoms in total. The van der Waals surface area contributed by atoms with Gasteiger partial charge in [-0.05, 0) is 83.5 Å². The van der Waals surface area contributed by atoms with Crippen molar-refractivity contribution >= 4 is 5.91 Å². The summed E-state index contributed by atoms with van der Waals surface area (Å²) in [5, 5.41) is 76.1. The third kappa shape index (κ3) is 37.5. The molecular formula is C60H111NO10. The summed E-state index contributed by atoms with van der Waals surface area (Å²) in [5.74, 6) is -0.719. The Balaban J connectivity index is 2.31. The summed E-state index contributed by atoms with van der Waals surface area (Å²) in [6.07, 6.45) is 50.3. The Kier molecular flexibility index (Phi) is 46.3. The Hall–Kier alpha value is -1.93. The molecule has 1 fully saturated rings. The van der Waals surface area contributed by atoms with Crippen molar-refractivity contribution in [2.45, 2.75) is 313 Å². The van der Waals surface area contributed by atoms with E-state index in [9.17, 15) is 40.5 Å². The number of ether oxygens (including phenoxy) is 2. The van der Waals surface area contributed by atoms with Crippen molar-refractivity contribution in [2.24, 2.45) is 0 Å². The van der Waals surface area contributed by atoms with E-state index in [4.69, 9.17) is 9.47 Å². The van der Waals surface area contributed by atoms with Crippen molar-refractivity contribution < 1.29 is 50.0 Å². The normalized spacial score (nSPS) is 20.5. The third-order valence-corrected chi connectivity index (χ3v) is 14.1. The van der Waals surface area contributed by atoms with Crippen LogP contribution in [0.4, 0.5) is 0 Å². The fourth-order valence-electron chi connectivity index (χ4n) is 9.25. The third-order valence-electron chi connectivity index (χ3n) is 14.1. The largest absolute Gasteiger partial charge is 0.394 e. The minimum Gasteiger partial charge on any atom is -0.394 e. The van der Waals surface area contributed by atoms with Gasteiger partial charge >= 0.3 is 0 Å². The predicted molar refractivity (Wildman–Crippen MR) is 293 cm³/mol. The molecule has 0 saturated carbocycles. The van der Waals surface area contributed by atoms with Gasteiger partial charge in [-0.25, -0.2) is 0 Å². The molecule has 1 aliphatic rings. The molecule has 0 aromatic carbocycles. The zero-order chi connectivity index (χ0) is 51.8. The second kappa shape index (κ2) is 49.0. The van der Waals surface area contributed by atoms with Gasteiger partial charge < -0.3 is 50.5 Å². The molecule has 0 radical (unpaired) electrons. The van der Waals surface area contributed by atoms with Crippen molar-refractivity contribution in [2.75, 3.05) is 13.2 Å². The van der Waals surface area contributed by atoms with Gasteiger partial charge in [0.1, 0.15) is 36.6 Å². The molecule has 416 valence electrons. The fourth-order valence-corrected chi connectivity index (χ4v) is 9.25. The van der Waals surface area contributed by atoms with Gasteiger partial charge in [0.05, 0.1) is 25.4 Å². The van der Waals surface area contributed by atoms with Crippen molar-refractivity contribution in [3.05, 3.63) is 48.6 Å². The molecule has 1 heterocycles. The first-order chi connectivity index (χ1) is 34.7. The fraction of sp³-hybridized carbons (Fsp3) is 0.850. The Labute approximate surface area is 434 Å². The van der Waals surface area contributed by atoms with Crippen molar-refractivity contribution in [3.8, 4) is 0 Å². The van der Waals surface area contributed by atoms with Crippen molar-refractivity contribution in [1.29, 1.82) is 0 Å². The molecule has 1 rings (SSSR count). The van der Waals surface area contributed by atoms with Crippen LogP contribution in [0.2, 0.25) is 0 Å². The molecule has 0 bridgehead atoms. The Bertz CT molecular complexity index is 1290. The van der Waals surface area contributed by atoms with Crippen molar-refractivity contribution in [3.63, 3.8) is 0 Å². The number of hydrogen-bond acceptors (Lipinski definition) is 10. The van der Waals surface area contributed by atoms with E-state index in [0.29, 0.717) is 19.3 Å². The SMILES string of the molecule is CCCCC/C=C\C/C=C\CCCCCCCCC(O)C(=O)NC(COC1OC(CO)C(O)C(O)C1O)C(O)C(O)CCC/C=C/CC/C=C/CCCCCCCCCCCCCCCCCCCCC. The number of carbonyl (C=O) groups is 1. The monoisotopic (exact) mass is 1010 g/mol. The molecule has 1 saturated heterocycles.